The first-order valence-corrected chi connectivity index (χ1v) is 12.6. The molecule has 2 heterocycles. The topological polar surface area (TPSA) is 87.2 Å². The highest BCUT2D eigenvalue weighted by molar-refractivity contribution is 9.10. The quantitative estimate of drug-likeness (QED) is 0.617. The Kier molecular flexibility index (Phi) is 7.75. The molecule has 0 unspecified atom stereocenters. The fourth-order valence-corrected chi connectivity index (χ4v) is 5.67. The minimum atomic E-state index is -3.41. The molecule has 2 fully saturated rings. The molecule has 2 saturated heterocycles. The van der Waals surface area contributed by atoms with Crippen LogP contribution < -0.4 is 0 Å². The zero-order valence-electron chi connectivity index (χ0n) is 17.1. The van der Waals surface area contributed by atoms with Gasteiger partial charge in [0.25, 0.3) is 0 Å². The number of nitrogens with zero attached hydrogens (tertiary/aromatic N) is 3. The largest absolute Gasteiger partial charge is 0.450 e. The molecule has 0 saturated carbocycles. The van der Waals surface area contributed by atoms with Gasteiger partial charge in [0.1, 0.15) is 0 Å². The molecule has 166 valence electrons. The molecular weight excluding hydrogens is 474 g/mol. The van der Waals surface area contributed by atoms with Crippen LogP contribution in [0.3, 0.4) is 0 Å². The Hall–Kier alpha value is -1.65. The van der Waals surface area contributed by atoms with Crippen LogP contribution >= 0.6 is 15.9 Å². The molecule has 10 heteroatoms. The van der Waals surface area contributed by atoms with E-state index < -0.39 is 10.0 Å². The minimum absolute atomic E-state index is 0.0330. The molecule has 0 spiro atoms. The lowest BCUT2D eigenvalue weighted by Gasteiger charge is -2.38. The van der Waals surface area contributed by atoms with E-state index in [2.05, 4.69) is 15.9 Å². The summed E-state index contributed by atoms with van der Waals surface area (Å²) in [6.45, 7) is 4.72. The van der Waals surface area contributed by atoms with Gasteiger partial charge in [-0.25, -0.2) is 17.5 Å². The second kappa shape index (κ2) is 10.1. The van der Waals surface area contributed by atoms with Gasteiger partial charge >= 0.3 is 6.09 Å². The molecule has 1 aromatic carbocycles. The summed E-state index contributed by atoms with van der Waals surface area (Å²) in [7, 11) is -3.41. The van der Waals surface area contributed by atoms with Crippen molar-refractivity contribution in [1.29, 1.82) is 0 Å². The number of carbonyl (C=O) groups is 2. The number of rotatable bonds is 5. The first-order valence-electron chi connectivity index (χ1n) is 10.2. The van der Waals surface area contributed by atoms with Crippen molar-refractivity contribution in [2.45, 2.75) is 25.5 Å². The van der Waals surface area contributed by atoms with E-state index in [9.17, 15) is 18.0 Å². The maximum atomic E-state index is 12.9. The summed E-state index contributed by atoms with van der Waals surface area (Å²) in [6.07, 6.45) is 0.710. The molecule has 2 amide bonds. The van der Waals surface area contributed by atoms with E-state index in [1.165, 1.54) is 4.31 Å². The van der Waals surface area contributed by atoms with Crippen molar-refractivity contribution in [3.63, 3.8) is 0 Å². The summed E-state index contributed by atoms with van der Waals surface area (Å²) >= 11 is 3.35. The molecule has 3 rings (SSSR count). The highest BCUT2D eigenvalue weighted by Crippen LogP contribution is 2.24. The van der Waals surface area contributed by atoms with E-state index in [4.69, 9.17) is 4.74 Å². The average molecular weight is 502 g/mol. The zero-order valence-corrected chi connectivity index (χ0v) is 19.5. The summed E-state index contributed by atoms with van der Waals surface area (Å²) in [4.78, 5) is 28.0. The smallest absolute Gasteiger partial charge is 0.409 e. The number of hydrogen-bond donors (Lipinski definition) is 0. The number of piperidine rings is 1. The number of carbonyl (C=O) groups excluding carboxylic acids is 2. The van der Waals surface area contributed by atoms with Crippen LogP contribution in [0.5, 0.6) is 0 Å². The van der Waals surface area contributed by atoms with Crippen LogP contribution in [0.1, 0.15) is 25.3 Å². The van der Waals surface area contributed by atoms with E-state index in [1.54, 1.807) is 28.9 Å². The van der Waals surface area contributed by atoms with Gasteiger partial charge in [-0.2, -0.15) is 0 Å². The predicted molar refractivity (Wildman–Crippen MR) is 116 cm³/mol. The second-order valence-electron chi connectivity index (χ2n) is 7.57. The number of ether oxygens (including phenoxy) is 1. The third-order valence-electron chi connectivity index (χ3n) is 5.58. The summed E-state index contributed by atoms with van der Waals surface area (Å²) in [6, 6.07) is 7.26. The maximum absolute atomic E-state index is 12.9. The van der Waals surface area contributed by atoms with Gasteiger partial charge in [0.15, 0.2) is 0 Å². The lowest BCUT2D eigenvalue weighted by atomic mass is 9.96. The molecule has 0 radical (unpaired) electrons. The lowest BCUT2D eigenvalue weighted by Crippen LogP contribution is -2.53. The monoisotopic (exact) mass is 501 g/mol. The number of amides is 2. The van der Waals surface area contributed by atoms with Crippen LogP contribution in [0, 0.1) is 5.92 Å². The third-order valence-corrected chi connectivity index (χ3v) is 7.95. The first kappa shape index (κ1) is 23.0. The predicted octanol–water partition coefficient (Wildman–Crippen LogP) is 2.29. The van der Waals surface area contributed by atoms with Crippen molar-refractivity contribution in [2.24, 2.45) is 5.92 Å². The molecule has 0 aliphatic carbocycles. The van der Waals surface area contributed by atoms with Crippen LogP contribution in [0.25, 0.3) is 0 Å². The number of benzene rings is 1. The van der Waals surface area contributed by atoms with Gasteiger partial charge in [-0.05, 0) is 37.5 Å². The summed E-state index contributed by atoms with van der Waals surface area (Å²) in [5.41, 5.74) is 0.746. The van der Waals surface area contributed by atoms with Crippen molar-refractivity contribution >= 4 is 38.0 Å². The fraction of sp³-hybridized carbons (Fsp3) is 0.600. The van der Waals surface area contributed by atoms with Crippen molar-refractivity contribution in [1.82, 2.24) is 14.1 Å². The van der Waals surface area contributed by atoms with Gasteiger partial charge in [0.2, 0.25) is 15.9 Å². The SMILES string of the molecule is CCOC(=O)N1CCN(C(=O)C2CCN(S(=O)(=O)Cc3ccc(Br)cc3)CC2)CC1. The number of hydrogen-bond acceptors (Lipinski definition) is 5. The standard InChI is InChI=1S/C20H28BrN3O5S/c1-2-29-20(26)23-13-11-22(12-14-23)19(25)17-7-9-24(10-8-17)30(27,28)15-16-3-5-18(21)6-4-16/h3-6,17H,2,7-15H2,1H3. The molecule has 2 aliphatic rings. The van der Waals surface area contributed by atoms with Gasteiger partial charge in [-0.1, -0.05) is 28.1 Å². The molecule has 1 aromatic rings. The Bertz CT molecular complexity index is 846. The number of piperazine rings is 1. The Morgan fingerprint density at radius 1 is 1.00 bits per heavy atom. The maximum Gasteiger partial charge on any atom is 0.409 e. The molecule has 30 heavy (non-hydrogen) atoms. The zero-order chi connectivity index (χ0) is 21.7. The number of sulfonamides is 1. The Morgan fingerprint density at radius 3 is 2.13 bits per heavy atom. The van der Waals surface area contributed by atoms with Crippen molar-refractivity contribution in [3.8, 4) is 0 Å². The van der Waals surface area contributed by atoms with Crippen LogP contribution in [-0.4, -0.2) is 80.4 Å². The Labute approximate surface area is 186 Å². The van der Waals surface area contributed by atoms with Gasteiger partial charge < -0.3 is 14.5 Å². The lowest BCUT2D eigenvalue weighted by molar-refractivity contribution is -0.138. The minimum Gasteiger partial charge on any atom is -0.450 e. The van der Waals surface area contributed by atoms with Crippen LogP contribution in [0.2, 0.25) is 0 Å². The summed E-state index contributed by atoms with van der Waals surface area (Å²) < 4.78 is 32.9. The van der Waals surface area contributed by atoms with Crippen LogP contribution in [-0.2, 0) is 25.3 Å². The van der Waals surface area contributed by atoms with Crippen molar-refractivity contribution < 1.29 is 22.7 Å². The van der Waals surface area contributed by atoms with Gasteiger partial charge in [-0.3, -0.25) is 4.79 Å². The Balaban J connectivity index is 1.48. The fourth-order valence-electron chi connectivity index (χ4n) is 3.85. The van der Waals surface area contributed by atoms with E-state index in [0.717, 1.165) is 10.0 Å². The molecule has 0 N–H and O–H groups in total. The second-order valence-corrected chi connectivity index (χ2v) is 10.5. The molecule has 0 bridgehead atoms. The van der Waals surface area contributed by atoms with E-state index >= 15 is 0 Å². The normalized spacial score (nSPS) is 19.0. The highest BCUT2D eigenvalue weighted by atomic mass is 79.9. The van der Waals surface area contributed by atoms with E-state index in [-0.39, 0.29) is 23.7 Å². The highest BCUT2D eigenvalue weighted by Gasteiger charge is 2.34. The van der Waals surface area contributed by atoms with Crippen LogP contribution in [0.4, 0.5) is 4.79 Å². The van der Waals surface area contributed by atoms with E-state index in [1.807, 2.05) is 12.1 Å². The molecule has 2 aliphatic heterocycles. The van der Waals surface area contributed by atoms with Gasteiger partial charge in [0, 0.05) is 49.7 Å². The van der Waals surface area contributed by atoms with Crippen molar-refractivity contribution in [3.05, 3.63) is 34.3 Å². The first-order chi connectivity index (χ1) is 14.3. The van der Waals surface area contributed by atoms with Crippen molar-refractivity contribution in [2.75, 3.05) is 45.9 Å². The van der Waals surface area contributed by atoms with Gasteiger partial charge in [0.05, 0.1) is 12.4 Å². The Morgan fingerprint density at radius 2 is 1.57 bits per heavy atom. The summed E-state index contributed by atoms with van der Waals surface area (Å²) in [5, 5.41) is 0. The average Bonchev–Trinajstić information content (AvgIpc) is 2.75. The van der Waals surface area contributed by atoms with E-state index in [0.29, 0.717) is 58.7 Å². The molecule has 0 aromatic heterocycles. The third kappa shape index (κ3) is 5.73. The molecular formula is C20H28BrN3O5S. The van der Waals surface area contributed by atoms with Gasteiger partial charge in [-0.15, -0.1) is 0 Å². The molecule has 8 nitrogen and oxygen atoms in total. The summed E-state index contributed by atoms with van der Waals surface area (Å²) in [5.74, 6) is -0.143. The number of halogens is 1. The molecule has 0 atom stereocenters. The van der Waals surface area contributed by atoms with Crippen LogP contribution in [0.15, 0.2) is 28.7 Å².